The van der Waals surface area contributed by atoms with Crippen molar-refractivity contribution in [2.45, 2.75) is 0 Å². The third-order valence-electron chi connectivity index (χ3n) is 1.38. The van der Waals surface area contributed by atoms with Crippen molar-refractivity contribution in [2.75, 3.05) is 0 Å². The van der Waals surface area contributed by atoms with Crippen LogP contribution in [0.4, 0.5) is 0 Å². The fraction of sp³-hybridized carbons (Fsp3) is 0. The summed E-state index contributed by atoms with van der Waals surface area (Å²) in [7, 11) is 0. The van der Waals surface area contributed by atoms with E-state index in [0.29, 0.717) is 0 Å². The lowest BCUT2D eigenvalue weighted by Gasteiger charge is -1.99. The molecule has 0 aliphatic carbocycles. The first-order valence-corrected chi connectivity index (χ1v) is 4.14. The van der Waals surface area contributed by atoms with E-state index in [4.69, 9.17) is 0 Å². The zero-order chi connectivity index (χ0) is 8.39. The van der Waals surface area contributed by atoms with Crippen LogP contribution >= 0.6 is 15.9 Å². The summed E-state index contributed by atoms with van der Waals surface area (Å²) in [6, 6.07) is 3.76. The molecule has 60 valence electrons. The minimum absolute atomic E-state index is 0.745. The third-order valence-corrected chi connectivity index (χ3v) is 2.00. The Bertz CT molecular complexity index is 371. The maximum atomic E-state index is 4.13. The van der Waals surface area contributed by atoms with Gasteiger partial charge in [-0.25, -0.2) is 9.67 Å². The molecule has 0 aliphatic rings. The van der Waals surface area contributed by atoms with Crippen LogP contribution in [0.1, 0.15) is 0 Å². The molecule has 0 bridgehead atoms. The van der Waals surface area contributed by atoms with Gasteiger partial charge in [-0.2, -0.15) is 0 Å². The molecule has 0 aromatic carbocycles. The molecule has 2 heterocycles. The molecule has 12 heavy (non-hydrogen) atoms. The number of pyridine rings is 1. The molecular formula is C7H5BrN4. The van der Waals surface area contributed by atoms with E-state index in [1.165, 1.54) is 0 Å². The molecule has 0 spiro atoms. The number of aromatic nitrogens is 4. The second-order valence-corrected chi connectivity index (χ2v) is 3.01. The average molecular weight is 225 g/mol. The fourth-order valence-electron chi connectivity index (χ4n) is 0.867. The van der Waals surface area contributed by atoms with Crippen LogP contribution in [0.15, 0.2) is 35.2 Å². The molecule has 2 aromatic rings. The van der Waals surface area contributed by atoms with Crippen molar-refractivity contribution >= 4 is 15.9 Å². The minimum Gasteiger partial charge on any atom is -0.236 e. The quantitative estimate of drug-likeness (QED) is 0.737. The van der Waals surface area contributed by atoms with Gasteiger partial charge in [0.15, 0.2) is 5.82 Å². The average Bonchev–Trinajstić information content (AvgIpc) is 2.57. The lowest BCUT2D eigenvalue weighted by atomic mass is 10.5. The molecule has 0 fully saturated rings. The Labute approximate surface area is 77.4 Å². The van der Waals surface area contributed by atoms with Crippen LogP contribution in [0.2, 0.25) is 0 Å². The Balaban J connectivity index is 2.55. The van der Waals surface area contributed by atoms with Crippen molar-refractivity contribution in [2.24, 2.45) is 0 Å². The van der Waals surface area contributed by atoms with Crippen LogP contribution in [-0.4, -0.2) is 20.0 Å². The fourth-order valence-corrected chi connectivity index (χ4v) is 1.30. The Morgan fingerprint density at radius 1 is 1.33 bits per heavy atom. The predicted molar refractivity (Wildman–Crippen MR) is 46.9 cm³/mol. The van der Waals surface area contributed by atoms with Crippen LogP contribution in [0.3, 0.4) is 0 Å². The van der Waals surface area contributed by atoms with E-state index in [0.717, 1.165) is 10.3 Å². The number of halogens is 1. The van der Waals surface area contributed by atoms with E-state index in [-0.39, 0.29) is 0 Å². The standard InChI is InChI=1S/C7H5BrN4/c8-6-2-1-3-9-7(6)12-5-4-10-11-12/h1-5H. The van der Waals surface area contributed by atoms with Gasteiger partial charge in [0.2, 0.25) is 0 Å². The summed E-state index contributed by atoms with van der Waals surface area (Å²) < 4.78 is 2.50. The topological polar surface area (TPSA) is 43.6 Å². The first kappa shape index (κ1) is 7.42. The third kappa shape index (κ3) is 1.23. The van der Waals surface area contributed by atoms with Gasteiger partial charge in [0, 0.05) is 6.20 Å². The lowest BCUT2D eigenvalue weighted by molar-refractivity contribution is 0.778. The Morgan fingerprint density at radius 2 is 2.25 bits per heavy atom. The number of hydrogen-bond donors (Lipinski definition) is 0. The molecule has 2 rings (SSSR count). The first-order chi connectivity index (χ1) is 5.88. The van der Waals surface area contributed by atoms with Crippen LogP contribution in [0.25, 0.3) is 5.82 Å². The van der Waals surface area contributed by atoms with Crippen LogP contribution in [0.5, 0.6) is 0 Å². The Hall–Kier alpha value is -1.23. The van der Waals surface area contributed by atoms with Crippen LogP contribution in [-0.2, 0) is 0 Å². The minimum atomic E-state index is 0.745. The van der Waals surface area contributed by atoms with Crippen molar-refractivity contribution in [1.29, 1.82) is 0 Å². The highest BCUT2D eigenvalue weighted by atomic mass is 79.9. The summed E-state index contributed by atoms with van der Waals surface area (Å²) in [6.45, 7) is 0. The zero-order valence-corrected chi connectivity index (χ0v) is 7.64. The number of hydrogen-bond acceptors (Lipinski definition) is 3. The molecule has 0 saturated carbocycles. The van der Waals surface area contributed by atoms with Gasteiger partial charge in [-0.05, 0) is 28.1 Å². The van der Waals surface area contributed by atoms with Crippen molar-refractivity contribution in [3.05, 3.63) is 35.2 Å². The van der Waals surface area contributed by atoms with Gasteiger partial charge >= 0.3 is 0 Å². The van der Waals surface area contributed by atoms with Gasteiger partial charge in [0.05, 0.1) is 16.9 Å². The van der Waals surface area contributed by atoms with Gasteiger partial charge in [-0.15, -0.1) is 5.10 Å². The highest BCUT2D eigenvalue weighted by Crippen LogP contribution is 2.15. The predicted octanol–water partition coefficient (Wildman–Crippen LogP) is 1.42. The van der Waals surface area contributed by atoms with Crippen molar-refractivity contribution in [3.63, 3.8) is 0 Å². The summed E-state index contributed by atoms with van der Waals surface area (Å²) in [5.41, 5.74) is 0. The lowest BCUT2D eigenvalue weighted by Crippen LogP contribution is -1.98. The summed E-state index contributed by atoms with van der Waals surface area (Å²) in [5.74, 6) is 0.745. The zero-order valence-electron chi connectivity index (χ0n) is 6.05. The highest BCUT2D eigenvalue weighted by molar-refractivity contribution is 9.10. The van der Waals surface area contributed by atoms with Crippen LogP contribution in [0, 0.1) is 0 Å². The van der Waals surface area contributed by atoms with E-state index in [9.17, 15) is 0 Å². The van der Waals surface area contributed by atoms with Crippen molar-refractivity contribution in [1.82, 2.24) is 20.0 Å². The SMILES string of the molecule is Brc1cccnc1-n1ccnn1. The summed E-state index contributed by atoms with van der Waals surface area (Å²) in [6.07, 6.45) is 5.07. The summed E-state index contributed by atoms with van der Waals surface area (Å²) >= 11 is 3.37. The number of nitrogens with zero attached hydrogens (tertiary/aromatic N) is 4. The maximum Gasteiger partial charge on any atom is 0.169 e. The molecule has 0 unspecified atom stereocenters. The maximum absolute atomic E-state index is 4.13. The summed E-state index contributed by atoms with van der Waals surface area (Å²) in [5, 5.41) is 7.51. The van der Waals surface area contributed by atoms with E-state index in [1.54, 1.807) is 23.3 Å². The molecule has 0 amide bonds. The van der Waals surface area contributed by atoms with Crippen molar-refractivity contribution < 1.29 is 0 Å². The second-order valence-electron chi connectivity index (χ2n) is 2.16. The molecular weight excluding hydrogens is 220 g/mol. The first-order valence-electron chi connectivity index (χ1n) is 3.35. The normalized spacial score (nSPS) is 10.1. The smallest absolute Gasteiger partial charge is 0.169 e. The van der Waals surface area contributed by atoms with Gasteiger partial charge in [-0.3, -0.25) is 0 Å². The van der Waals surface area contributed by atoms with Gasteiger partial charge in [0.1, 0.15) is 0 Å². The van der Waals surface area contributed by atoms with Gasteiger partial charge in [0.25, 0.3) is 0 Å². The summed E-state index contributed by atoms with van der Waals surface area (Å²) in [4.78, 5) is 4.13. The highest BCUT2D eigenvalue weighted by Gasteiger charge is 2.01. The van der Waals surface area contributed by atoms with E-state index >= 15 is 0 Å². The monoisotopic (exact) mass is 224 g/mol. The van der Waals surface area contributed by atoms with E-state index < -0.39 is 0 Å². The number of rotatable bonds is 1. The molecule has 0 atom stereocenters. The van der Waals surface area contributed by atoms with Gasteiger partial charge in [-0.1, -0.05) is 5.21 Å². The van der Waals surface area contributed by atoms with Gasteiger partial charge < -0.3 is 0 Å². The largest absolute Gasteiger partial charge is 0.236 e. The van der Waals surface area contributed by atoms with Crippen molar-refractivity contribution in [3.8, 4) is 5.82 Å². The molecule has 2 aromatic heterocycles. The van der Waals surface area contributed by atoms with Crippen LogP contribution < -0.4 is 0 Å². The molecule has 0 aliphatic heterocycles. The molecule has 4 nitrogen and oxygen atoms in total. The molecule has 0 N–H and O–H groups in total. The van der Waals surface area contributed by atoms with E-state index in [2.05, 4.69) is 31.2 Å². The molecule has 0 radical (unpaired) electrons. The Morgan fingerprint density at radius 3 is 2.92 bits per heavy atom. The second kappa shape index (κ2) is 3.02. The molecule has 0 saturated heterocycles. The molecule has 5 heteroatoms. The van der Waals surface area contributed by atoms with E-state index in [1.807, 2.05) is 12.1 Å². The Kier molecular flexibility index (Phi) is 1.87.